The van der Waals surface area contributed by atoms with Crippen LogP contribution in [0.1, 0.15) is 25.5 Å². The van der Waals surface area contributed by atoms with Crippen molar-refractivity contribution < 1.29 is 4.79 Å². The number of aromatic nitrogens is 8. The number of imidazole rings is 1. The molecule has 0 radical (unpaired) electrons. The van der Waals surface area contributed by atoms with Crippen molar-refractivity contribution in [1.29, 1.82) is 0 Å². The minimum Gasteiger partial charge on any atom is -0.352 e. The molecule has 0 aliphatic heterocycles. The second-order valence-corrected chi connectivity index (χ2v) is 8.65. The van der Waals surface area contributed by atoms with E-state index in [1.807, 2.05) is 49.0 Å². The molecule has 0 unspecified atom stereocenters. The van der Waals surface area contributed by atoms with Crippen LogP contribution in [0.15, 0.2) is 61.6 Å². The van der Waals surface area contributed by atoms with Crippen LogP contribution >= 0.6 is 0 Å². The molecular weight excluding hydrogens is 454 g/mol. The van der Waals surface area contributed by atoms with Gasteiger partial charge in [-0.15, -0.1) is 0 Å². The highest BCUT2D eigenvalue weighted by Gasteiger charge is 2.16. The van der Waals surface area contributed by atoms with Crippen molar-refractivity contribution in [1.82, 2.24) is 39.7 Å². The van der Waals surface area contributed by atoms with E-state index in [-0.39, 0.29) is 5.91 Å². The van der Waals surface area contributed by atoms with Crippen molar-refractivity contribution in [2.24, 2.45) is 0 Å². The number of hydrogen-bond donors (Lipinski definition) is 3. The van der Waals surface area contributed by atoms with Crippen LogP contribution in [0.3, 0.4) is 0 Å². The number of carbonyl (C=O) groups excluding carboxylic acids is 1. The lowest BCUT2D eigenvalue weighted by Crippen LogP contribution is -2.10. The van der Waals surface area contributed by atoms with Gasteiger partial charge < -0.3 is 14.9 Å². The van der Waals surface area contributed by atoms with Crippen molar-refractivity contribution in [2.75, 3.05) is 5.32 Å². The summed E-state index contributed by atoms with van der Waals surface area (Å²) >= 11 is 0. The SMILES string of the molecule is CCCC(=O)Nc1cncc(-c2ccc3[nH]nc(-c4cc5c(-n6cnc(C)c6)cncc5[nH]4)c3n2)c1. The van der Waals surface area contributed by atoms with Gasteiger partial charge in [0.05, 0.1) is 64.4 Å². The molecule has 0 atom stereocenters. The smallest absolute Gasteiger partial charge is 0.224 e. The lowest BCUT2D eigenvalue weighted by Gasteiger charge is -2.06. The third-order valence-corrected chi connectivity index (χ3v) is 5.97. The number of aromatic amines is 2. The largest absolute Gasteiger partial charge is 0.352 e. The van der Waals surface area contributed by atoms with Crippen molar-refractivity contribution in [3.63, 3.8) is 0 Å². The van der Waals surface area contributed by atoms with Gasteiger partial charge in [-0.2, -0.15) is 5.10 Å². The Bertz CT molecular complexity index is 1730. The molecule has 0 aliphatic rings. The van der Waals surface area contributed by atoms with E-state index >= 15 is 0 Å². The van der Waals surface area contributed by atoms with E-state index in [1.54, 1.807) is 24.9 Å². The average Bonchev–Trinajstić information content (AvgIpc) is 3.61. The first-order valence-electron chi connectivity index (χ1n) is 11.7. The van der Waals surface area contributed by atoms with Crippen LogP contribution in [-0.4, -0.2) is 45.6 Å². The number of amides is 1. The van der Waals surface area contributed by atoms with E-state index in [4.69, 9.17) is 4.98 Å². The fourth-order valence-electron chi connectivity index (χ4n) is 4.27. The van der Waals surface area contributed by atoms with Gasteiger partial charge in [-0.3, -0.25) is 19.9 Å². The number of nitrogens with one attached hydrogen (secondary N) is 3. The molecule has 6 aromatic rings. The first kappa shape index (κ1) is 21.7. The van der Waals surface area contributed by atoms with Crippen LogP contribution in [-0.2, 0) is 4.79 Å². The Balaban J connectivity index is 1.40. The number of pyridine rings is 3. The third-order valence-electron chi connectivity index (χ3n) is 5.97. The molecule has 178 valence electrons. The van der Waals surface area contributed by atoms with Gasteiger partial charge in [0.25, 0.3) is 0 Å². The van der Waals surface area contributed by atoms with Crippen LogP contribution < -0.4 is 5.32 Å². The molecule has 10 nitrogen and oxygen atoms in total. The Hall–Kier alpha value is -4.86. The highest BCUT2D eigenvalue weighted by atomic mass is 16.1. The molecule has 3 N–H and O–H groups in total. The standard InChI is InChI=1S/C26H23N9O/c1-3-4-24(36)30-17-7-16(9-27-10-17)19-5-6-20-25(32-19)26(34-33-20)21-8-18-22(31-21)11-28-12-23(18)35-13-15(2)29-14-35/h5-14,31H,3-4H2,1-2H3,(H,30,36)(H,33,34). The van der Waals surface area contributed by atoms with Crippen molar-refractivity contribution in [2.45, 2.75) is 26.7 Å². The van der Waals surface area contributed by atoms with Gasteiger partial charge in [0.1, 0.15) is 11.2 Å². The molecule has 6 rings (SSSR count). The monoisotopic (exact) mass is 477 g/mol. The maximum absolute atomic E-state index is 12.0. The molecule has 1 amide bonds. The predicted molar refractivity (Wildman–Crippen MR) is 138 cm³/mol. The van der Waals surface area contributed by atoms with Gasteiger partial charge in [-0.25, -0.2) is 9.97 Å². The Kier molecular flexibility index (Phi) is 5.25. The summed E-state index contributed by atoms with van der Waals surface area (Å²) in [5.41, 5.74) is 8.00. The number of anilines is 1. The Morgan fingerprint density at radius 3 is 2.81 bits per heavy atom. The van der Waals surface area contributed by atoms with E-state index in [0.717, 1.165) is 56.7 Å². The molecule has 6 heterocycles. The van der Waals surface area contributed by atoms with Gasteiger partial charge in [-0.1, -0.05) is 6.92 Å². The maximum Gasteiger partial charge on any atom is 0.224 e. The van der Waals surface area contributed by atoms with E-state index in [9.17, 15) is 4.79 Å². The quantitative estimate of drug-likeness (QED) is 0.316. The maximum atomic E-state index is 12.0. The summed E-state index contributed by atoms with van der Waals surface area (Å²) in [6, 6.07) is 7.79. The Labute approximate surface area is 205 Å². The fraction of sp³-hybridized carbons (Fsp3) is 0.154. The fourth-order valence-corrected chi connectivity index (χ4v) is 4.27. The zero-order valence-electron chi connectivity index (χ0n) is 19.8. The molecule has 36 heavy (non-hydrogen) atoms. The first-order chi connectivity index (χ1) is 17.6. The average molecular weight is 478 g/mol. The minimum atomic E-state index is -0.0319. The van der Waals surface area contributed by atoms with E-state index in [1.165, 1.54) is 0 Å². The van der Waals surface area contributed by atoms with Gasteiger partial charge >= 0.3 is 0 Å². The molecule has 10 heteroatoms. The van der Waals surface area contributed by atoms with Gasteiger partial charge in [-0.05, 0) is 37.6 Å². The van der Waals surface area contributed by atoms with Crippen LogP contribution in [0, 0.1) is 6.92 Å². The summed E-state index contributed by atoms with van der Waals surface area (Å²) in [5.74, 6) is -0.0319. The molecular formula is C26H23N9O. The summed E-state index contributed by atoms with van der Waals surface area (Å²) in [6.45, 7) is 3.93. The summed E-state index contributed by atoms with van der Waals surface area (Å²) in [5, 5.41) is 11.5. The van der Waals surface area contributed by atoms with Crippen LogP contribution in [0.25, 0.3) is 50.3 Å². The number of rotatable bonds is 6. The summed E-state index contributed by atoms with van der Waals surface area (Å²) in [6.07, 6.45) is 12.0. The number of aryl methyl sites for hydroxylation is 1. The zero-order chi connectivity index (χ0) is 24.6. The lowest BCUT2D eigenvalue weighted by molar-refractivity contribution is -0.116. The predicted octanol–water partition coefficient (Wildman–Crippen LogP) is 4.80. The molecule has 0 saturated heterocycles. The van der Waals surface area contributed by atoms with Crippen molar-refractivity contribution in [3.05, 3.63) is 67.3 Å². The Morgan fingerprint density at radius 2 is 1.97 bits per heavy atom. The molecule has 6 aromatic heterocycles. The van der Waals surface area contributed by atoms with Crippen LogP contribution in [0.5, 0.6) is 0 Å². The third kappa shape index (κ3) is 3.88. The zero-order valence-corrected chi connectivity index (χ0v) is 19.8. The second-order valence-electron chi connectivity index (χ2n) is 8.65. The number of nitrogens with zero attached hydrogens (tertiary/aromatic N) is 6. The molecule has 0 aromatic carbocycles. The van der Waals surface area contributed by atoms with E-state index in [2.05, 4.69) is 41.5 Å². The molecule has 0 saturated carbocycles. The van der Waals surface area contributed by atoms with E-state index < -0.39 is 0 Å². The number of hydrogen-bond acceptors (Lipinski definition) is 6. The lowest BCUT2D eigenvalue weighted by atomic mass is 10.1. The summed E-state index contributed by atoms with van der Waals surface area (Å²) in [7, 11) is 0. The van der Waals surface area contributed by atoms with Crippen molar-refractivity contribution >= 4 is 33.5 Å². The van der Waals surface area contributed by atoms with Gasteiger partial charge in [0.15, 0.2) is 0 Å². The number of fused-ring (bicyclic) bond motifs is 2. The molecule has 0 aliphatic carbocycles. The Morgan fingerprint density at radius 1 is 1.08 bits per heavy atom. The number of H-pyrrole nitrogens is 2. The highest BCUT2D eigenvalue weighted by molar-refractivity contribution is 5.97. The van der Waals surface area contributed by atoms with Gasteiger partial charge in [0.2, 0.25) is 5.91 Å². The second kappa shape index (κ2) is 8.73. The molecule has 0 spiro atoms. The van der Waals surface area contributed by atoms with Gasteiger partial charge in [0, 0.05) is 29.8 Å². The van der Waals surface area contributed by atoms with Crippen LogP contribution in [0.4, 0.5) is 5.69 Å². The van der Waals surface area contributed by atoms with Crippen LogP contribution in [0.2, 0.25) is 0 Å². The molecule has 0 bridgehead atoms. The molecule has 0 fully saturated rings. The minimum absolute atomic E-state index is 0.0319. The first-order valence-corrected chi connectivity index (χ1v) is 11.7. The van der Waals surface area contributed by atoms with E-state index in [0.29, 0.717) is 17.8 Å². The highest BCUT2D eigenvalue weighted by Crippen LogP contribution is 2.31. The summed E-state index contributed by atoms with van der Waals surface area (Å²) < 4.78 is 1.96. The van der Waals surface area contributed by atoms with Crippen molar-refractivity contribution in [3.8, 4) is 28.3 Å². The number of carbonyl (C=O) groups is 1. The normalized spacial score (nSPS) is 11.4. The topological polar surface area (TPSA) is 130 Å². The summed E-state index contributed by atoms with van der Waals surface area (Å²) in [4.78, 5) is 33.4.